The predicted octanol–water partition coefficient (Wildman–Crippen LogP) is 4.09. The van der Waals surface area contributed by atoms with Crippen molar-refractivity contribution in [3.05, 3.63) is 66.2 Å². The Morgan fingerprint density at radius 1 is 1.14 bits per heavy atom. The minimum Gasteiger partial charge on any atom is -0.457 e. The molecular formula is C23H24N2O4. The Bertz CT molecular complexity index is 916. The first kappa shape index (κ1) is 21.7. The Hall–Kier alpha value is -3.59. The van der Waals surface area contributed by atoms with Crippen molar-refractivity contribution in [1.29, 1.82) is 5.26 Å². The standard InChI is InChI=1S/C23H24N2O4/c1-17(2)23(3,16-24)25-21(26)15-28-22(27)13-12-18-8-7-11-20(14-18)29-19-9-5-4-6-10-19/h4-14,17H,15H2,1-3H3,(H,25,26)/b13-12+/t23-/m1/s1. The van der Waals surface area contributed by atoms with Crippen LogP contribution in [0.3, 0.4) is 0 Å². The van der Waals surface area contributed by atoms with Crippen LogP contribution in [0.15, 0.2) is 60.7 Å². The summed E-state index contributed by atoms with van der Waals surface area (Å²) < 4.78 is 10.7. The van der Waals surface area contributed by atoms with E-state index in [1.165, 1.54) is 6.08 Å². The number of rotatable bonds is 8. The number of nitrogens with zero attached hydrogens (tertiary/aromatic N) is 1. The van der Waals surface area contributed by atoms with E-state index in [-0.39, 0.29) is 5.92 Å². The van der Waals surface area contributed by atoms with Crippen molar-refractivity contribution >= 4 is 18.0 Å². The first-order valence-corrected chi connectivity index (χ1v) is 9.22. The number of carbonyl (C=O) groups excluding carboxylic acids is 2. The number of ether oxygens (including phenoxy) is 2. The lowest BCUT2D eigenvalue weighted by atomic mass is 9.90. The zero-order valence-corrected chi connectivity index (χ0v) is 16.7. The van der Waals surface area contributed by atoms with Crippen molar-refractivity contribution in [3.63, 3.8) is 0 Å². The summed E-state index contributed by atoms with van der Waals surface area (Å²) in [5.41, 5.74) is -0.268. The third-order valence-electron chi connectivity index (χ3n) is 4.38. The van der Waals surface area contributed by atoms with Crippen LogP contribution >= 0.6 is 0 Å². The fourth-order valence-electron chi connectivity index (χ4n) is 2.28. The molecule has 150 valence electrons. The number of nitriles is 1. The first-order chi connectivity index (χ1) is 13.8. The molecule has 2 aromatic rings. The van der Waals surface area contributed by atoms with E-state index >= 15 is 0 Å². The van der Waals surface area contributed by atoms with Gasteiger partial charge in [0.2, 0.25) is 0 Å². The lowest BCUT2D eigenvalue weighted by Crippen LogP contribution is -2.50. The SMILES string of the molecule is CC(C)[C@@](C)(C#N)NC(=O)COC(=O)/C=C/c1cccc(Oc2ccccc2)c1. The van der Waals surface area contributed by atoms with Gasteiger partial charge in [-0.1, -0.05) is 44.2 Å². The molecule has 0 aliphatic heterocycles. The molecule has 0 saturated carbocycles. The summed E-state index contributed by atoms with van der Waals surface area (Å²) in [5.74, 6) is 0.0818. The molecule has 6 nitrogen and oxygen atoms in total. The molecule has 6 heteroatoms. The van der Waals surface area contributed by atoms with Crippen molar-refractivity contribution < 1.29 is 19.1 Å². The van der Waals surface area contributed by atoms with Crippen molar-refractivity contribution in [2.75, 3.05) is 6.61 Å². The van der Waals surface area contributed by atoms with E-state index in [0.717, 1.165) is 5.56 Å². The fourth-order valence-corrected chi connectivity index (χ4v) is 2.28. The molecule has 0 aromatic heterocycles. The van der Waals surface area contributed by atoms with Gasteiger partial charge in [0, 0.05) is 6.08 Å². The van der Waals surface area contributed by atoms with E-state index in [1.807, 2.05) is 62.4 Å². The molecule has 0 unspecified atom stereocenters. The number of amides is 1. The maximum atomic E-state index is 11.9. The van der Waals surface area contributed by atoms with Gasteiger partial charge in [-0.15, -0.1) is 0 Å². The van der Waals surface area contributed by atoms with Crippen LogP contribution in [0.2, 0.25) is 0 Å². The van der Waals surface area contributed by atoms with E-state index < -0.39 is 24.0 Å². The van der Waals surface area contributed by atoms with Crippen LogP contribution < -0.4 is 10.1 Å². The Morgan fingerprint density at radius 2 is 1.83 bits per heavy atom. The molecule has 0 spiro atoms. The largest absolute Gasteiger partial charge is 0.457 e. The number of carbonyl (C=O) groups is 2. The van der Waals surface area contributed by atoms with Crippen molar-refractivity contribution in [2.24, 2.45) is 5.92 Å². The highest BCUT2D eigenvalue weighted by Crippen LogP contribution is 2.22. The summed E-state index contributed by atoms with van der Waals surface area (Å²) in [6, 6.07) is 18.7. The molecule has 1 amide bonds. The van der Waals surface area contributed by atoms with Crippen LogP contribution in [0.5, 0.6) is 11.5 Å². The molecule has 0 saturated heterocycles. The number of benzene rings is 2. The van der Waals surface area contributed by atoms with Crippen LogP contribution in [0, 0.1) is 17.2 Å². The van der Waals surface area contributed by atoms with Crippen LogP contribution in [-0.4, -0.2) is 24.0 Å². The lowest BCUT2D eigenvalue weighted by Gasteiger charge is -2.27. The van der Waals surface area contributed by atoms with Crippen LogP contribution in [0.4, 0.5) is 0 Å². The minimum atomic E-state index is -1.02. The van der Waals surface area contributed by atoms with E-state index in [2.05, 4.69) is 11.4 Å². The van der Waals surface area contributed by atoms with E-state index in [0.29, 0.717) is 11.5 Å². The third kappa shape index (κ3) is 6.82. The van der Waals surface area contributed by atoms with Crippen molar-refractivity contribution in [2.45, 2.75) is 26.3 Å². The number of hydrogen-bond donors (Lipinski definition) is 1. The summed E-state index contributed by atoms with van der Waals surface area (Å²) in [4.78, 5) is 23.8. The zero-order chi connectivity index (χ0) is 21.3. The second-order valence-electron chi connectivity index (χ2n) is 6.95. The summed E-state index contributed by atoms with van der Waals surface area (Å²) in [7, 11) is 0. The monoisotopic (exact) mass is 392 g/mol. The Labute approximate surface area is 170 Å². The molecule has 0 aliphatic carbocycles. The topological polar surface area (TPSA) is 88.4 Å². The highest BCUT2D eigenvalue weighted by molar-refractivity contribution is 5.89. The number of para-hydroxylation sites is 1. The van der Waals surface area contributed by atoms with Gasteiger partial charge in [0.25, 0.3) is 5.91 Å². The van der Waals surface area contributed by atoms with Gasteiger partial charge in [-0.3, -0.25) is 4.79 Å². The minimum absolute atomic E-state index is 0.0857. The van der Waals surface area contributed by atoms with Gasteiger partial charge >= 0.3 is 5.97 Å². The molecule has 0 fully saturated rings. The van der Waals surface area contributed by atoms with Gasteiger partial charge in [-0.2, -0.15) is 5.26 Å². The number of esters is 1. The van der Waals surface area contributed by atoms with Crippen LogP contribution in [0.1, 0.15) is 26.3 Å². The highest BCUT2D eigenvalue weighted by Gasteiger charge is 2.30. The molecule has 29 heavy (non-hydrogen) atoms. The molecule has 2 aromatic carbocycles. The summed E-state index contributed by atoms with van der Waals surface area (Å²) in [6.45, 7) is 4.83. The first-order valence-electron chi connectivity index (χ1n) is 9.22. The van der Waals surface area contributed by atoms with E-state index in [1.54, 1.807) is 19.1 Å². The average molecular weight is 392 g/mol. The van der Waals surface area contributed by atoms with Gasteiger partial charge < -0.3 is 14.8 Å². The molecule has 0 aliphatic rings. The molecule has 0 radical (unpaired) electrons. The van der Waals surface area contributed by atoms with Gasteiger partial charge in [-0.05, 0) is 48.7 Å². The molecular weight excluding hydrogens is 368 g/mol. The second-order valence-corrected chi connectivity index (χ2v) is 6.95. The average Bonchev–Trinajstić information content (AvgIpc) is 2.71. The Balaban J connectivity index is 1.88. The van der Waals surface area contributed by atoms with Crippen molar-refractivity contribution in [3.8, 4) is 17.6 Å². The van der Waals surface area contributed by atoms with Gasteiger partial charge in [0.05, 0.1) is 6.07 Å². The lowest BCUT2D eigenvalue weighted by molar-refractivity contribution is -0.144. The van der Waals surface area contributed by atoms with Crippen molar-refractivity contribution in [1.82, 2.24) is 5.32 Å². The number of hydrogen-bond acceptors (Lipinski definition) is 5. The highest BCUT2D eigenvalue weighted by atomic mass is 16.5. The quantitative estimate of drug-likeness (QED) is 0.540. The zero-order valence-electron chi connectivity index (χ0n) is 16.7. The maximum Gasteiger partial charge on any atom is 0.331 e. The molecule has 0 bridgehead atoms. The van der Waals surface area contributed by atoms with Gasteiger partial charge in [0.1, 0.15) is 17.0 Å². The van der Waals surface area contributed by atoms with Gasteiger partial charge in [-0.25, -0.2) is 4.79 Å². The summed E-state index contributed by atoms with van der Waals surface area (Å²) in [5, 5.41) is 11.8. The maximum absolute atomic E-state index is 11.9. The molecule has 0 heterocycles. The van der Waals surface area contributed by atoms with Crippen LogP contribution in [-0.2, 0) is 14.3 Å². The van der Waals surface area contributed by atoms with E-state index in [9.17, 15) is 14.9 Å². The molecule has 1 N–H and O–H groups in total. The molecule has 2 rings (SSSR count). The Kier molecular flexibility index (Phi) is 7.55. The summed E-state index contributed by atoms with van der Waals surface area (Å²) >= 11 is 0. The summed E-state index contributed by atoms with van der Waals surface area (Å²) in [6.07, 6.45) is 2.81. The van der Waals surface area contributed by atoms with Gasteiger partial charge in [0.15, 0.2) is 6.61 Å². The Morgan fingerprint density at radius 3 is 2.48 bits per heavy atom. The van der Waals surface area contributed by atoms with E-state index in [4.69, 9.17) is 9.47 Å². The molecule has 1 atom stereocenters. The third-order valence-corrected chi connectivity index (χ3v) is 4.38. The number of nitrogens with one attached hydrogen (secondary N) is 1. The fraction of sp³-hybridized carbons (Fsp3) is 0.261. The smallest absolute Gasteiger partial charge is 0.331 e. The second kappa shape index (κ2) is 10.1. The normalized spacial score (nSPS) is 12.8. The predicted molar refractivity (Wildman–Crippen MR) is 110 cm³/mol. The van der Waals surface area contributed by atoms with Crippen LogP contribution in [0.25, 0.3) is 6.08 Å².